The number of carbonyl (C=O) groups excluding carboxylic acids is 3. The summed E-state index contributed by atoms with van der Waals surface area (Å²) in [6.45, 7) is 1.31. The highest BCUT2D eigenvalue weighted by atomic mass is 19.1. The first kappa shape index (κ1) is 16.9. The van der Waals surface area contributed by atoms with Crippen LogP contribution in [0.4, 0.5) is 14.9 Å². The van der Waals surface area contributed by atoms with Gasteiger partial charge in [0.15, 0.2) is 0 Å². The molecule has 3 rings (SSSR count). The maximum atomic E-state index is 14.4. The van der Waals surface area contributed by atoms with Gasteiger partial charge in [-0.3, -0.25) is 9.59 Å². The molecule has 2 aliphatic heterocycles. The zero-order chi connectivity index (χ0) is 18.0. The molecule has 1 aromatic rings. The van der Waals surface area contributed by atoms with Crippen molar-refractivity contribution in [3.8, 4) is 0 Å². The van der Waals surface area contributed by atoms with E-state index in [1.807, 2.05) is 0 Å². The SMILES string of the molecule is COC(=O)CN1C(=O)N/C(=C/c2ccc(N3CCCC3)cc2F)C1=O. The van der Waals surface area contributed by atoms with Crippen LogP contribution in [-0.4, -0.2) is 49.6 Å². The number of ether oxygens (including phenoxy) is 1. The number of hydrogen-bond donors (Lipinski definition) is 1. The van der Waals surface area contributed by atoms with Crippen molar-refractivity contribution in [2.24, 2.45) is 0 Å². The number of nitrogens with one attached hydrogen (secondary N) is 1. The van der Waals surface area contributed by atoms with Crippen LogP contribution in [0, 0.1) is 5.82 Å². The number of rotatable bonds is 4. The number of nitrogens with zero attached hydrogens (tertiary/aromatic N) is 2. The molecule has 8 heteroatoms. The molecule has 2 saturated heterocycles. The maximum absolute atomic E-state index is 14.4. The summed E-state index contributed by atoms with van der Waals surface area (Å²) in [4.78, 5) is 38.1. The van der Waals surface area contributed by atoms with Gasteiger partial charge in [0.1, 0.15) is 18.1 Å². The van der Waals surface area contributed by atoms with Crippen LogP contribution in [0.2, 0.25) is 0 Å². The number of methoxy groups -OCH3 is 1. The highest BCUT2D eigenvalue weighted by molar-refractivity contribution is 6.15. The largest absolute Gasteiger partial charge is 0.468 e. The molecule has 0 saturated carbocycles. The van der Waals surface area contributed by atoms with Gasteiger partial charge >= 0.3 is 12.0 Å². The number of esters is 1. The third kappa shape index (κ3) is 3.47. The molecule has 2 fully saturated rings. The Morgan fingerprint density at radius 2 is 2.04 bits per heavy atom. The minimum atomic E-state index is -0.740. The molecule has 0 aliphatic carbocycles. The van der Waals surface area contributed by atoms with Crippen molar-refractivity contribution in [1.29, 1.82) is 0 Å². The molecule has 2 heterocycles. The second-order valence-corrected chi connectivity index (χ2v) is 5.86. The predicted octanol–water partition coefficient (Wildman–Crippen LogP) is 1.49. The number of amides is 3. The fourth-order valence-corrected chi connectivity index (χ4v) is 2.87. The van der Waals surface area contributed by atoms with Crippen LogP contribution in [0.5, 0.6) is 0 Å². The lowest BCUT2D eigenvalue weighted by Gasteiger charge is -2.17. The van der Waals surface area contributed by atoms with E-state index in [2.05, 4.69) is 15.0 Å². The van der Waals surface area contributed by atoms with Crippen molar-refractivity contribution in [2.75, 3.05) is 31.6 Å². The molecule has 2 aliphatic rings. The lowest BCUT2D eigenvalue weighted by molar-refractivity contribution is -0.143. The van der Waals surface area contributed by atoms with Crippen molar-refractivity contribution in [1.82, 2.24) is 10.2 Å². The molecule has 0 unspecified atom stereocenters. The predicted molar refractivity (Wildman–Crippen MR) is 88.1 cm³/mol. The Morgan fingerprint density at radius 3 is 2.68 bits per heavy atom. The molecule has 1 aromatic carbocycles. The summed E-state index contributed by atoms with van der Waals surface area (Å²) < 4.78 is 18.8. The molecule has 0 atom stereocenters. The molecule has 1 N–H and O–H groups in total. The molecular formula is C17H18FN3O4. The van der Waals surface area contributed by atoms with E-state index in [1.165, 1.54) is 12.1 Å². The topological polar surface area (TPSA) is 79.0 Å². The van der Waals surface area contributed by atoms with Crippen molar-refractivity contribution < 1.29 is 23.5 Å². The van der Waals surface area contributed by atoms with Crippen LogP contribution in [0.1, 0.15) is 18.4 Å². The van der Waals surface area contributed by atoms with Gasteiger partial charge in [-0.2, -0.15) is 0 Å². The number of benzene rings is 1. The van der Waals surface area contributed by atoms with E-state index >= 15 is 0 Å². The maximum Gasteiger partial charge on any atom is 0.329 e. The van der Waals surface area contributed by atoms with E-state index in [9.17, 15) is 18.8 Å². The highest BCUT2D eigenvalue weighted by Gasteiger charge is 2.35. The zero-order valence-electron chi connectivity index (χ0n) is 13.8. The van der Waals surface area contributed by atoms with Gasteiger partial charge in [0.05, 0.1) is 7.11 Å². The summed E-state index contributed by atoms with van der Waals surface area (Å²) in [6.07, 6.45) is 3.44. The molecule has 3 amide bonds. The second-order valence-electron chi connectivity index (χ2n) is 5.86. The fraction of sp³-hybridized carbons (Fsp3) is 0.353. The Hall–Kier alpha value is -2.90. The standard InChI is InChI=1S/C17H18FN3O4/c1-25-15(22)10-21-16(23)14(19-17(21)24)8-11-4-5-12(9-13(11)18)20-6-2-3-7-20/h4-5,8-9H,2-3,6-7,10H2,1H3,(H,19,24)/b14-8+. The smallest absolute Gasteiger partial charge is 0.329 e. The van der Waals surface area contributed by atoms with Crippen molar-refractivity contribution in [2.45, 2.75) is 12.8 Å². The van der Waals surface area contributed by atoms with Gasteiger partial charge in [0.25, 0.3) is 5.91 Å². The van der Waals surface area contributed by atoms with Crippen LogP contribution in [0.3, 0.4) is 0 Å². The van der Waals surface area contributed by atoms with Gasteiger partial charge in [0.2, 0.25) is 0 Å². The molecule has 0 radical (unpaired) electrons. The summed E-state index contributed by atoms with van der Waals surface area (Å²) in [6, 6.07) is 4.04. The Morgan fingerprint density at radius 1 is 1.32 bits per heavy atom. The van der Waals surface area contributed by atoms with Crippen LogP contribution in [0.15, 0.2) is 23.9 Å². The Kier molecular flexibility index (Phi) is 4.69. The Labute approximate surface area is 144 Å². The number of hydrogen-bond acceptors (Lipinski definition) is 5. The van der Waals surface area contributed by atoms with Gasteiger partial charge < -0.3 is 15.0 Å². The van der Waals surface area contributed by atoms with Crippen LogP contribution in [-0.2, 0) is 14.3 Å². The summed E-state index contributed by atoms with van der Waals surface area (Å²) in [5, 5.41) is 2.34. The fourth-order valence-electron chi connectivity index (χ4n) is 2.87. The second kappa shape index (κ2) is 6.92. The first-order valence-corrected chi connectivity index (χ1v) is 7.95. The molecule has 0 spiro atoms. The van der Waals surface area contributed by atoms with Gasteiger partial charge in [0, 0.05) is 24.3 Å². The lowest BCUT2D eigenvalue weighted by atomic mass is 10.1. The quantitative estimate of drug-likeness (QED) is 0.507. The lowest BCUT2D eigenvalue weighted by Crippen LogP contribution is -2.36. The van der Waals surface area contributed by atoms with Gasteiger partial charge in [-0.15, -0.1) is 0 Å². The molecule has 0 bridgehead atoms. The summed E-state index contributed by atoms with van der Waals surface area (Å²) in [5.41, 5.74) is 0.902. The van der Waals surface area contributed by atoms with E-state index in [4.69, 9.17) is 0 Å². The summed E-state index contributed by atoms with van der Waals surface area (Å²) in [7, 11) is 1.16. The molecule has 7 nitrogen and oxygen atoms in total. The monoisotopic (exact) mass is 347 g/mol. The summed E-state index contributed by atoms with van der Waals surface area (Å²) in [5.74, 6) is -1.89. The van der Waals surface area contributed by atoms with Crippen molar-refractivity contribution in [3.05, 3.63) is 35.3 Å². The van der Waals surface area contributed by atoms with Crippen LogP contribution in [0.25, 0.3) is 6.08 Å². The van der Waals surface area contributed by atoms with Gasteiger partial charge in [-0.1, -0.05) is 0 Å². The average Bonchev–Trinajstić information content (AvgIpc) is 3.21. The molecular weight excluding hydrogens is 329 g/mol. The van der Waals surface area contributed by atoms with Crippen LogP contribution >= 0.6 is 0 Å². The minimum absolute atomic E-state index is 0.0817. The van der Waals surface area contributed by atoms with Crippen molar-refractivity contribution >= 4 is 29.7 Å². The summed E-state index contributed by atoms with van der Waals surface area (Å²) >= 11 is 0. The van der Waals surface area contributed by atoms with E-state index in [0.29, 0.717) is 4.90 Å². The number of carbonyl (C=O) groups is 3. The first-order chi connectivity index (χ1) is 12.0. The first-order valence-electron chi connectivity index (χ1n) is 7.95. The minimum Gasteiger partial charge on any atom is -0.468 e. The van der Waals surface area contributed by atoms with Crippen molar-refractivity contribution in [3.63, 3.8) is 0 Å². The third-order valence-corrected chi connectivity index (χ3v) is 4.23. The molecule has 0 aromatic heterocycles. The van der Waals surface area contributed by atoms with E-state index in [0.717, 1.165) is 38.7 Å². The number of imide groups is 1. The van der Waals surface area contributed by atoms with E-state index < -0.39 is 30.3 Å². The Balaban J connectivity index is 1.79. The average molecular weight is 347 g/mol. The number of halogens is 1. The van der Waals surface area contributed by atoms with Gasteiger partial charge in [-0.25, -0.2) is 14.1 Å². The molecule has 25 heavy (non-hydrogen) atoms. The normalized spacial score (nSPS) is 18.9. The van der Waals surface area contributed by atoms with Crippen LogP contribution < -0.4 is 10.2 Å². The zero-order valence-corrected chi connectivity index (χ0v) is 13.8. The molecule has 132 valence electrons. The van der Waals surface area contributed by atoms with E-state index in [1.54, 1.807) is 12.1 Å². The number of urea groups is 1. The highest BCUT2D eigenvalue weighted by Crippen LogP contribution is 2.24. The van der Waals surface area contributed by atoms with E-state index in [-0.39, 0.29) is 11.3 Å². The Bertz CT molecular complexity index is 756. The number of anilines is 1. The van der Waals surface area contributed by atoms with Gasteiger partial charge in [-0.05, 0) is 37.1 Å². The third-order valence-electron chi connectivity index (χ3n) is 4.23.